The topological polar surface area (TPSA) is 75.0 Å². The van der Waals surface area contributed by atoms with E-state index in [1.165, 1.54) is 0 Å². The Morgan fingerprint density at radius 2 is 1.81 bits per heavy atom. The van der Waals surface area contributed by atoms with Crippen LogP contribution in [-0.4, -0.2) is 5.97 Å². The third-order valence-corrected chi connectivity index (χ3v) is 5.55. The lowest BCUT2D eigenvalue weighted by molar-refractivity contribution is -0.112. The quantitative estimate of drug-likeness (QED) is 0.349. The van der Waals surface area contributed by atoms with Gasteiger partial charge in [-0.25, -0.2) is 4.79 Å². The van der Waals surface area contributed by atoms with E-state index in [2.05, 4.69) is 15.9 Å². The first-order valence-electron chi connectivity index (χ1n) is 9.93. The largest absolute Gasteiger partial charge is 0.460 e. The molecule has 1 atom stereocenters. The van der Waals surface area contributed by atoms with E-state index in [4.69, 9.17) is 18.6 Å². The van der Waals surface area contributed by atoms with Crippen molar-refractivity contribution in [3.8, 4) is 5.75 Å². The van der Waals surface area contributed by atoms with Crippen molar-refractivity contribution in [1.29, 1.82) is 0 Å². The Morgan fingerprint density at radius 1 is 1.03 bits per heavy atom. The van der Waals surface area contributed by atoms with Crippen molar-refractivity contribution in [1.82, 2.24) is 0 Å². The van der Waals surface area contributed by atoms with Crippen LogP contribution < -0.4 is 10.2 Å². The van der Waals surface area contributed by atoms with Crippen LogP contribution in [0.25, 0.3) is 11.0 Å². The number of para-hydroxylation sites is 1. The van der Waals surface area contributed by atoms with Gasteiger partial charge in [0.05, 0.1) is 12.0 Å². The third-order valence-electron chi connectivity index (χ3n) is 5.09. The molecule has 160 valence electrons. The third kappa shape index (κ3) is 4.04. The Kier molecular flexibility index (Phi) is 5.51. The van der Waals surface area contributed by atoms with Crippen molar-refractivity contribution >= 4 is 32.9 Å². The van der Waals surface area contributed by atoms with Crippen LogP contribution in [0.1, 0.15) is 33.5 Å². The highest BCUT2D eigenvalue weighted by atomic mass is 79.9. The van der Waals surface area contributed by atoms with E-state index in [0.717, 1.165) is 21.7 Å². The molecule has 7 heteroatoms. The molecule has 6 nitrogen and oxygen atoms in total. The van der Waals surface area contributed by atoms with Gasteiger partial charge in [-0.15, -0.1) is 0 Å². The molecule has 2 heterocycles. The van der Waals surface area contributed by atoms with Gasteiger partial charge in [0.1, 0.15) is 17.9 Å². The van der Waals surface area contributed by atoms with Crippen LogP contribution in [0.3, 0.4) is 0 Å². The smallest absolute Gasteiger partial charge is 0.374 e. The van der Waals surface area contributed by atoms with E-state index in [-0.39, 0.29) is 17.8 Å². The maximum Gasteiger partial charge on any atom is 0.374 e. The lowest BCUT2D eigenvalue weighted by atomic mass is 10.1. The minimum Gasteiger partial charge on any atom is -0.460 e. The Labute approximate surface area is 191 Å². The van der Waals surface area contributed by atoms with E-state index in [1.54, 1.807) is 24.3 Å². The van der Waals surface area contributed by atoms with Crippen molar-refractivity contribution in [2.24, 2.45) is 0 Å². The van der Waals surface area contributed by atoms with Gasteiger partial charge in [0.25, 0.3) is 0 Å². The minimum atomic E-state index is -0.728. The molecule has 0 saturated heterocycles. The van der Waals surface area contributed by atoms with E-state index in [1.807, 2.05) is 42.5 Å². The zero-order chi connectivity index (χ0) is 22.1. The number of carbonyl (C=O) groups is 1. The van der Waals surface area contributed by atoms with Crippen LogP contribution >= 0.6 is 15.9 Å². The fourth-order valence-corrected chi connectivity index (χ4v) is 4.13. The molecule has 0 spiro atoms. The summed E-state index contributed by atoms with van der Waals surface area (Å²) in [7, 11) is 0. The van der Waals surface area contributed by atoms with Crippen molar-refractivity contribution in [3.63, 3.8) is 0 Å². The molecule has 0 radical (unpaired) electrons. The maximum atomic E-state index is 12.6. The van der Waals surface area contributed by atoms with E-state index >= 15 is 0 Å². The normalized spacial score (nSPS) is 15.1. The number of esters is 1. The number of benzene rings is 3. The second-order valence-electron chi connectivity index (χ2n) is 7.27. The number of carbonyl (C=O) groups excluding carboxylic acids is 1. The molecule has 3 aromatic carbocycles. The van der Waals surface area contributed by atoms with E-state index in [9.17, 15) is 9.59 Å². The van der Waals surface area contributed by atoms with Gasteiger partial charge in [0.2, 0.25) is 12.1 Å². The zero-order valence-corrected chi connectivity index (χ0v) is 18.3. The summed E-state index contributed by atoms with van der Waals surface area (Å²) >= 11 is 3.48. The molecule has 0 amide bonds. The van der Waals surface area contributed by atoms with Crippen molar-refractivity contribution in [2.45, 2.75) is 19.5 Å². The average molecular weight is 493 g/mol. The predicted octanol–water partition coefficient (Wildman–Crippen LogP) is 5.52. The SMILES string of the molecule is O=C(OCc1cc(Br)cc2c1OC(c1ccccc1)OC2)c1cc(=O)c2ccccc2o1. The minimum absolute atomic E-state index is 0.0569. The summed E-state index contributed by atoms with van der Waals surface area (Å²) in [6, 6.07) is 21.2. The number of hydrogen-bond acceptors (Lipinski definition) is 6. The number of ether oxygens (including phenoxy) is 3. The highest BCUT2D eigenvalue weighted by Gasteiger charge is 2.25. The van der Waals surface area contributed by atoms with Crippen molar-refractivity contribution < 1.29 is 23.4 Å². The molecule has 0 fully saturated rings. The zero-order valence-electron chi connectivity index (χ0n) is 16.7. The van der Waals surface area contributed by atoms with E-state index in [0.29, 0.717) is 28.9 Å². The summed E-state index contributed by atoms with van der Waals surface area (Å²) in [5.41, 5.74) is 2.44. The Morgan fingerprint density at radius 3 is 2.66 bits per heavy atom. The molecule has 4 aromatic rings. The summed E-state index contributed by atoms with van der Waals surface area (Å²) in [5.74, 6) is -0.265. The number of fused-ring (bicyclic) bond motifs is 2. The van der Waals surface area contributed by atoms with Crippen LogP contribution in [0.4, 0.5) is 0 Å². The van der Waals surface area contributed by atoms with Gasteiger partial charge >= 0.3 is 5.97 Å². The second-order valence-corrected chi connectivity index (χ2v) is 8.19. The van der Waals surface area contributed by atoms with Gasteiger partial charge in [-0.1, -0.05) is 58.4 Å². The molecule has 0 saturated carbocycles. The van der Waals surface area contributed by atoms with Crippen molar-refractivity contribution in [3.05, 3.63) is 110 Å². The monoisotopic (exact) mass is 492 g/mol. The highest BCUT2D eigenvalue weighted by molar-refractivity contribution is 9.10. The standard InChI is InChI=1S/C25H17BrO6/c26-18-10-16(23-17(11-18)14-30-25(32-23)15-6-2-1-3-7-15)13-29-24(28)22-12-20(27)19-8-4-5-9-21(19)31-22/h1-12,25H,13-14H2. The molecule has 0 bridgehead atoms. The van der Waals surface area contributed by atoms with Crippen LogP contribution in [0.5, 0.6) is 5.75 Å². The highest BCUT2D eigenvalue weighted by Crippen LogP contribution is 2.38. The Hall–Kier alpha value is -3.42. The molecule has 1 unspecified atom stereocenters. The summed E-state index contributed by atoms with van der Waals surface area (Å²) in [4.78, 5) is 24.9. The number of hydrogen-bond donors (Lipinski definition) is 0. The molecule has 1 aliphatic heterocycles. The molecule has 0 aliphatic carbocycles. The molecule has 0 N–H and O–H groups in total. The van der Waals surface area contributed by atoms with Gasteiger partial charge < -0.3 is 18.6 Å². The van der Waals surface area contributed by atoms with Gasteiger partial charge in [-0.05, 0) is 24.3 Å². The van der Waals surface area contributed by atoms with Gasteiger partial charge in [0, 0.05) is 27.2 Å². The van der Waals surface area contributed by atoms with Crippen molar-refractivity contribution in [2.75, 3.05) is 0 Å². The fraction of sp³-hybridized carbons (Fsp3) is 0.120. The molecule has 1 aliphatic rings. The Balaban J connectivity index is 1.39. The van der Waals surface area contributed by atoms with Crippen LogP contribution in [-0.2, 0) is 22.7 Å². The summed E-state index contributed by atoms with van der Waals surface area (Å²) in [5, 5.41) is 0.408. The van der Waals surface area contributed by atoms with Gasteiger partial charge in [0.15, 0.2) is 5.43 Å². The predicted molar refractivity (Wildman–Crippen MR) is 120 cm³/mol. The first-order chi connectivity index (χ1) is 15.6. The molecule has 1 aromatic heterocycles. The molecular formula is C25H17BrO6. The number of rotatable bonds is 4. The summed E-state index contributed by atoms with van der Waals surface area (Å²) in [6.45, 7) is 0.299. The van der Waals surface area contributed by atoms with Crippen LogP contribution in [0.15, 0.2) is 86.5 Å². The number of halogens is 1. The maximum absolute atomic E-state index is 12.6. The first kappa shape index (κ1) is 20.5. The lowest BCUT2D eigenvalue weighted by Gasteiger charge is -2.28. The lowest BCUT2D eigenvalue weighted by Crippen LogP contribution is -2.19. The molecule has 32 heavy (non-hydrogen) atoms. The second kappa shape index (κ2) is 8.61. The van der Waals surface area contributed by atoms with Crippen LogP contribution in [0, 0.1) is 0 Å². The van der Waals surface area contributed by atoms with Crippen LogP contribution in [0.2, 0.25) is 0 Å². The first-order valence-corrected chi connectivity index (χ1v) is 10.7. The summed E-state index contributed by atoms with van der Waals surface area (Å²) in [6.07, 6.45) is -0.558. The van der Waals surface area contributed by atoms with Gasteiger partial charge in [-0.3, -0.25) is 4.79 Å². The fourth-order valence-electron chi connectivity index (χ4n) is 3.58. The van der Waals surface area contributed by atoms with E-state index < -0.39 is 12.3 Å². The molecular weight excluding hydrogens is 476 g/mol. The Bertz CT molecular complexity index is 1360. The summed E-state index contributed by atoms with van der Waals surface area (Å²) < 4.78 is 23.8. The molecule has 5 rings (SSSR count). The average Bonchev–Trinajstić information content (AvgIpc) is 2.82. The van der Waals surface area contributed by atoms with Gasteiger partial charge in [-0.2, -0.15) is 0 Å².